The summed E-state index contributed by atoms with van der Waals surface area (Å²) in [6.45, 7) is 3.85. The molecule has 0 aliphatic rings. The molecule has 2 N–H and O–H groups in total. The van der Waals surface area contributed by atoms with Gasteiger partial charge in [0.2, 0.25) is 0 Å². The zero-order chi connectivity index (χ0) is 15.4. The normalized spacial score (nSPS) is 10.2. The first-order valence-electron chi connectivity index (χ1n) is 6.30. The lowest BCUT2D eigenvalue weighted by atomic mass is 10.2. The molecule has 5 nitrogen and oxygen atoms in total. The average Bonchev–Trinajstić information content (AvgIpc) is 2.43. The molecule has 0 bridgehead atoms. The van der Waals surface area contributed by atoms with Crippen molar-refractivity contribution in [1.82, 2.24) is 4.98 Å². The largest absolute Gasteiger partial charge is 0.485 e. The first-order valence-corrected chi connectivity index (χ1v) is 7.37. The Morgan fingerprint density at radius 2 is 2.14 bits per heavy atom. The van der Waals surface area contributed by atoms with Gasteiger partial charge in [0.1, 0.15) is 0 Å². The van der Waals surface area contributed by atoms with E-state index in [4.69, 9.17) is 20.5 Å². The van der Waals surface area contributed by atoms with Gasteiger partial charge in [0, 0.05) is 6.20 Å². The Bertz CT molecular complexity index is 673. The Balaban J connectivity index is 2.37. The van der Waals surface area contributed by atoms with Crippen LogP contribution in [0.15, 0.2) is 30.5 Å². The Morgan fingerprint density at radius 3 is 2.76 bits per heavy atom. The van der Waals surface area contributed by atoms with Crippen LogP contribution in [0.5, 0.6) is 17.4 Å². The molecule has 1 aromatic heterocycles. The predicted molar refractivity (Wildman–Crippen MR) is 88.4 cm³/mol. The first kappa shape index (κ1) is 15.4. The van der Waals surface area contributed by atoms with E-state index in [9.17, 15) is 0 Å². The smallest absolute Gasteiger partial charge is 0.262 e. The summed E-state index contributed by atoms with van der Waals surface area (Å²) in [6.07, 6.45) is 1.63. The highest BCUT2D eigenvalue weighted by molar-refractivity contribution is 14.1. The molecule has 21 heavy (non-hydrogen) atoms. The van der Waals surface area contributed by atoms with Crippen molar-refractivity contribution in [3.63, 3.8) is 0 Å². The third-order valence-electron chi connectivity index (χ3n) is 2.50. The molecule has 1 aromatic carbocycles. The van der Waals surface area contributed by atoms with E-state index in [2.05, 4.69) is 33.6 Å². The van der Waals surface area contributed by atoms with Crippen LogP contribution in [0.2, 0.25) is 0 Å². The second-order valence-electron chi connectivity index (χ2n) is 4.56. The number of nitrogen functional groups attached to an aromatic ring is 1. The minimum absolute atomic E-state index is 0.00827. The van der Waals surface area contributed by atoms with Gasteiger partial charge in [0.05, 0.1) is 27.0 Å². The van der Waals surface area contributed by atoms with E-state index >= 15 is 0 Å². The first-order chi connectivity index (χ1) is 10.0. The van der Waals surface area contributed by atoms with E-state index in [0.717, 1.165) is 3.57 Å². The molecule has 0 aliphatic carbocycles. The topological polar surface area (TPSA) is 81.2 Å². The number of pyridine rings is 1. The molecular weight excluding hydrogens is 381 g/mol. The molecule has 0 amide bonds. The lowest BCUT2D eigenvalue weighted by Gasteiger charge is -2.15. The van der Waals surface area contributed by atoms with Crippen molar-refractivity contribution in [2.24, 2.45) is 0 Å². The standard InChI is InChI=1S/C15H14IN3O2/c1-9(2)20-13-4-3-5-19-15(13)21-14-11(16)6-10(8-17)7-12(14)18/h3-7,9H,18H2,1-2H3. The van der Waals surface area contributed by atoms with Crippen LogP contribution >= 0.6 is 22.6 Å². The fourth-order valence-electron chi connectivity index (χ4n) is 1.68. The Morgan fingerprint density at radius 1 is 1.38 bits per heavy atom. The van der Waals surface area contributed by atoms with Gasteiger partial charge in [0.15, 0.2) is 11.5 Å². The van der Waals surface area contributed by atoms with Gasteiger partial charge in [-0.15, -0.1) is 0 Å². The van der Waals surface area contributed by atoms with Crippen molar-refractivity contribution in [3.8, 4) is 23.4 Å². The van der Waals surface area contributed by atoms with Crippen LogP contribution in [0.25, 0.3) is 0 Å². The zero-order valence-electron chi connectivity index (χ0n) is 11.6. The molecule has 6 heteroatoms. The summed E-state index contributed by atoms with van der Waals surface area (Å²) >= 11 is 2.07. The highest BCUT2D eigenvalue weighted by Gasteiger charge is 2.14. The van der Waals surface area contributed by atoms with E-state index in [1.807, 2.05) is 13.8 Å². The highest BCUT2D eigenvalue weighted by atomic mass is 127. The number of nitrogens with zero attached hydrogens (tertiary/aromatic N) is 2. The monoisotopic (exact) mass is 395 g/mol. The van der Waals surface area contributed by atoms with Gasteiger partial charge in [-0.3, -0.25) is 0 Å². The Labute approximate surface area is 136 Å². The lowest BCUT2D eigenvalue weighted by molar-refractivity contribution is 0.231. The van der Waals surface area contributed by atoms with Crippen LogP contribution in [0.4, 0.5) is 5.69 Å². The van der Waals surface area contributed by atoms with Gasteiger partial charge < -0.3 is 15.2 Å². The number of nitriles is 1. The SMILES string of the molecule is CC(C)Oc1cccnc1Oc1c(N)cc(C#N)cc1I. The van der Waals surface area contributed by atoms with Gasteiger partial charge in [-0.05, 0) is 60.7 Å². The van der Waals surface area contributed by atoms with Crippen molar-refractivity contribution in [2.75, 3.05) is 5.73 Å². The van der Waals surface area contributed by atoms with Crippen molar-refractivity contribution >= 4 is 28.3 Å². The summed E-state index contributed by atoms with van der Waals surface area (Å²) in [4.78, 5) is 4.18. The van der Waals surface area contributed by atoms with Gasteiger partial charge in [-0.2, -0.15) is 5.26 Å². The van der Waals surface area contributed by atoms with Crippen LogP contribution in [-0.2, 0) is 0 Å². The molecule has 0 radical (unpaired) electrons. The predicted octanol–water partition coefficient (Wildman–Crippen LogP) is 3.72. The molecule has 108 valence electrons. The van der Waals surface area contributed by atoms with Gasteiger partial charge in [0.25, 0.3) is 5.88 Å². The summed E-state index contributed by atoms with van der Waals surface area (Å²) in [5.74, 6) is 1.37. The number of halogens is 1. The fraction of sp³-hybridized carbons (Fsp3) is 0.200. The number of aromatic nitrogens is 1. The van der Waals surface area contributed by atoms with Crippen LogP contribution in [0.1, 0.15) is 19.4 Å². The maximum atomic E-state index is 8.93. The van der Waals surface area contributed by atoms with E-state index < -0.39 is 0 Å². The number of nitrogens with two attached hydrogens (primary N) is 1. The molecule has 0 saturated carbocycles. The van der Waals surface area contributed by atoms with Crippen LogP contribution < -0.4 is 15.2 Å². The number of anilines is 1. The number of rotatable bonds is 4. The Hall–Kier alpha value is -2.01. The summed E-state index contributed by atoms with van der Waals surface area (Å²) in [5.41, 5.74) is 6.83. The molecule has 0 unspecified atom stereocenters. The summed E-state index contributed by atoms with van der Waals surface area (Å²) in [6, 6.07) is 8.90. The van der Waals surface area contributed by atoms with E-state index in [1.165, 1.54) is 0 Å². The second kappa shape index (κ2) is 6.63. The van der Waals surface area contributed by atoms with Gasteiger partial charge >= 0.3 is 0 Å². The van der Waals surface area contributed by atoms with Crippen LogP contribution in [0.3, 0.4) is 0 Å². The second-order valence-corrected chi connectivity index (χ2v) is 5.73. The van der Waals surface area contributed by atoms with Crippen LogP contribution in [-0.4, -0.2) is 11.1 Å². The van der Waals surface area contributed by atoms with Crippen molar-refractivity contribution < 1.29 is 9.47 Å². The number of benzene rings is 1. The number of hydrogen-bond acceptors (Lipinski definition) is 5. The average molecular weight is 395 g/mol. The molecule has 0 spiro atoms. The number of hydrogen-bond donors (Lipinski definition) is 1. The highest BCUT2D eigenvalue weighted by Crippen LogP contribution is 2.36. The summed E-state index contributed by atoms with van der Waals surface area (Å²) in [5, 5.41) is 8.93. The van der Waals surface area contributed by atoms with E-state index in [1.54, 1.807) is 30.5 Å². The zero-order valence-corrected chi connectivity index (χ0v) is 13.8. The summed E-state index contributed by atoms with van der Waals surface area (Å²) in [7, 11) is 0. The van der Waals surface area contributed by atoms with E-state index in [0.29, 0.717) is 28.6 Å². The molecule has 2 aromatic rings. The maximum absolute atomic E-state index is 8.93. The molecule has 1 heterocycles. The molecule has 2 rings (SSSR count). The van der Waals surface area contributed by atoms with Gasteiger partial charge in [-0.1, -0.05) is 0 Å². The molecule has 0 fully saturated rings. The summed E-state index contributed by atoms with van der Waals surface area (Å²) < 4.78 is 12.2. The van der Waals surface area contributed by atoms with Crippen molar-refractivity contribution in [1.29, 1.82) is 5.26 Å². The minimum Gasteiger partial charge on any atom is -0.485 e. The molecule has 0 atom stereocenters. The van der Waals surface area contributed by atoms with Crippen molar-refractivity contribution in [2.45, 2.75) is 20.0 Å². The van der Waals surface area contributed by atoms with E-state index in [-0.39, 0.29) is 6.10 Å². The maximum Gasteiger partial charge on any atom is 0.262 e. The molecule has 0 aliphatic heterocycles. The lowest BCUT2D eigenvalue weighted by Crippen LogP contribution is -2.07. The number of ether oxygens (including phenoxy) is 2. The quantitative estimate of drug-likeness (QED) is 0.631. The van der Waals surface area contributed by atoms with Crippen LogP contribution in [0, 0.1) is 14.9 Å². The minimum atomic E-state index is 0.00827. The van der Waals surface area contributed by atoms with Gasteiger partial charge in [-0.25, -0.2) is 4.98 Å². The third-order valence-corrected chi connectivity index (χ3v) is 3.30. The Kier molecular flexibility index (Phi) is 4.85. The molecule has 0 saturated heterocycles. The third kappa shape index (κ3) is 3.76. The fourth-order valence-corrected chi connectivity index (χ4v) is 2.44. The molecular formula is C15H14IN3O2. The van der Waals surface area contributed by atoms with Crippen molar-refractivity contribution in [3.05, 3.63) is 39.6 Å².